The minimum atomic E-state index is -0.000741. The molecule has 0 fully saturated rings. The standard InChI is InChI=1S/C7H5O/c1-6-2-4-7(8)5-3-6/h1-5H/q+1. The van der Waals surface area contributed by atoms with Crippen molar-refractivity contribution in [3.05, 3.63) is 36.5 Å². The molecule has 0 aromatic carbocycles. The van der Waals surface area contributed by atoms with Crippen LogP contribution in [0.15, 0.2) is 29.9 Å². The van der Waals surface area contributed by atoms with Gasteiger partial charge in [0.1, 0.15) is 0 Å². The predicted molar refractivity (Wildman–Crippen MR) is 31.1 cm³/mol. The topological polar surface area (TPSA) is 17.1 Å². The van der Waals surface area contributed by atoms with E-state index in [2.05, 4.69) is 0 Å². The molecular weight excluding hydrogens is 100 g/mol. The maximum absolute atomic E-state index is 10.4. The lowest BCUT2D eigenvalue weighted by Crippen LogP contribution is -1.89. The van der Waals surface area contributed by atoms with Crippen LogP contribution in [0.3, 0.4) is 0 Å². The van der Waals surface area contributed by atoms with Gasteiger partial charge in [-0.05, 0) is 0 Å². The van der Waals surface area contributed by atoms with Crippen LogP contribution in [-0.4, -0.2) is 5.78 Å². The van der Waals surface area contributed by atoms with E-state index in [1.54, 1.807) is 12.2 Å². The molecule has 0 aliphatic heterocycles. The van der Waals surface area contributed by atoms with Gasteiger partial charge in [-0.3, -0.25) is 4.79 Å². The fourth-order valence-corrected chi connectivity index (χ4v) is 0.468. The second-order valence-corrected chi connectivity index (χ2v) is 1.57. The molecule has 8 heavy (non-hydrogen) atoms. The Morgan fingerprint density at radius 3 is 2.00 bits per heavy atom. The Morgan fingerprint density at radius 1 is 1.12 bits per heavy atom. The van der Waals surface area contributed by atoms with Crippen LogP contribution in [-0.2, 0) is 4.79 Å². The highest BCUT2D eigenvalue weighted by atomic mass is 16.1. The van der Waals surface area contributed by atoms with E-state index in [0.717, 1.165) is 0 Å². The van der Waals surface area contributed by atoms with Gasteiger partial charge in [-0.2, -0.15) is 0 Å². The first kappa shape index (κ1) is 4.95. The van der Waals surface area contributed by atoms with Crippen LogP contribution < -0.4 is 0 Å². The second-order valence-electron chi connectivity index (χ2n) is 1.57. The summed E-state index contributed by atoms with van der Waals surface area (Å²) in [5.74, 6) is -0.000741. The largest absolute Gasteiger partial charge is 0.287 e. The number of hydrogen-bond donors (Lipinski definition) is 0. The van der Waals surface area contributed by atoms with Gasteiger partial charge < -0.3 is 0 Å². The van der Waals surface area contributed by atoms with E-state index in [9.17, 15) is 4.79 Å². The predicted octanol–water partition coefficient (Wildman–Crippen LogP) is 1.04. The van der Waals surface area contributed by atoms with Gasteiger partial charge in [0, 0.05) is 18.7 Å². The number of allylic oxidation sites excluding steroid dienone is 5. The summed E-state index contributed by atoms with van der Waals surface area (Å²) >= 11 is 0. The Balaban J connectivity index is 2.83. The molecule has 0 heterocycles. The molecular formula is C7H5O+. The van der Waals surface area contributed by atoms with Crippen molar-refractivity contribution in [3.63, 3.8) is 0 Å². The molecule has 0 unspecified atom stereocenters. The van der Waals surface area contributed by atoms with Crippen molar-refractivity contribution in [3.8, 4) is 0 Å². The third-order valence-electron chi connectivity index (χ3n) is 0.880. The summed E-state index contributed by atoms with van der Waals surface area (Å²) < 4.78 is 0. The van der Waals surface area contributed by atoms with Gasteiger partial charge in [-0.15, -0.1) is 0 Å². The Hall–Kier alpha value is -1.20. The van der Waals surface area contributed by atoms with Gasteiger partial charge in [0.15, 0.2) is 5.57 Å². The summed E-state index contributed by atoms with van der Waals surface area (Å²) in [6.45, 7) is 5.29. The zero-order chi connectivity index (χ0) is 5.98. The Labute approximate surface area is 48.0 Å². The third-order valence-corrected chi connectivity index (χ3v) is 0.880. The lowest BCUT2D eigenvalue weighted by molar-refractivity contribution is -0.110. The minimum Gasteiger partial charge on any atom is -0.287 e. The summed E-state index contributed by atoms with van der Waals surface area (Å²) in [5, 5.41) is 0. The van der Waals surface area contributed by atoms with Gasteiger partial charge in [-0.1, -0.05) is 0 Å². The fraction of sp³-hybridized carbons (Fsp3) is 0. The third kappa shape index (κ3) is 0.895. The molecule has 0 spiro atoms. The van der Waals surface area contributed by atoms with E-state index in [4.69, 9.17) is 6.58 Å². The van der Waals surface area contributed by atoms with E-state index in [0.29, 0.717) is 5.57 Å². The molecule has 0 radical (unpaired) electrons. The summed E-state index contributed by atoms with van der Waals surface area (Å²) in [7, 11) is 0. The molecule has 1 aliphatic rings. The van der Waals surface area contributed by atoms with Gasteiger partial charge in [0.25, 0.3) is 0 Å². The van der Waals surface area contributed by atoms with E-state index in [1.165, 1.54) is 12.2 Å². The maximum atomic E-state index is 10.4. The van der Waals surface area contributed by atoms with Gasteiger partial charge in [-0.25, -0.2) is 0 Å². The van der Waals surface area contributed by atoms with Crippen LogP contribution in [0, 0.1) is 6.58 Å². The highest BCUT2D eigenvalue weighted by Crippen LogP contribution is 2.00. The zero-order valence-corrected chi connectivity index (χ0v) is 4.29. The van der Waals surface area contributed by atoms with Crippen molar-refractivity contribution in [2.45, 2.75) is 0 Å². The lowest BCUT2D eigenvalue weighted by atomic mass is 10.1. The molecule has 0 N–H and O–H groups in total. The van der Waals surface area contributed by atoms with Crippen LogP contribution in [0.4, 0.5) is 0 Å². The summed E-state index contributed by atoms with van der Waals surface area (Å²) in [6, 6.07) is 0. The molecule has 0 amide bonds. The molecule has 1 nitrogen and oxygen atoms in total. The average Bonchev–Trinajstić information content (AvgIpc) is 1.77. The van der Waals surface area contributed by atoms with Crippen LogP contribution in [0.2, 0.25) is 0 Å². The van der Waals surface area contributed by atoms with E-state index >= 15 is 0 Å². The van der Waals surface area contributed by atoms with Crippen LogP contribution in [0.1, 0.15) is 0 Å². The summed E-state index contributed by atoms with van der Waals surface area (Å²) in [4.78, 5) is 10.4. The van der Waals surface area contributed by atoms with Crippen molar-refractivity contribution >= 4 is 5.78 Å². The fourth-order valence-electron chi connectivity index (χ4n) is 0.468. The molecule has 0 saturated carbocycles. The van der Waals surface area contributed by atoms with Crippen molar-refractivity contribution in [2.75, 3.05) is 0 Å². The molecule has 1 aliphatic carbocycles. The number of rotatable bonds is 0. The lowest BCUT2D eigenvalue weighted by Gasteiger charge is -1.82. The average molecular weight is 105 g/mol. The monoisotopic (exact) mass is 105 g/mol. The number of carbonyl (C=O) groups excluding carboxylic acids is 1. The molecule has 1 heteroatoms. The first-order chi connectivity index (χ1) is 3.79. The summed E-state index contributed by atoms with van der Waals surface area (Å²) in [6.07, 6.45) is 6.05. The zero-order valence-electron chi connectivity index (χ0n) is 4.29. The molecule has 0 saturated heterocycles. The Kier molecular flexibility index (Phi) is 1.07. The number of ketones is 1. The van der Waals surface area contributed by atoms with Crippen molar-refractivity contribution in [2.24, 2.45) is 0 Å². The molecule has 0 aromatic rings. The van der Waals surface area contributed by atoms with Crippen LogP contribution in [0.25, 0.3) is 0 Å². The van der Waals surface area contributed by atoms with E-state index < -0.39 is 0 Å². The normalized spacial score (nSPS) is 17.4. The first-order valence-corrected chi connectivity index (χ1v) is 2.31. The van der Waals surface area contributed by atoms with Crippen LogP contribution >= 0.6 is 0 Å². The molecule has 0 bridgehead atoms. The maximum Gasteiger partial charge on any atom is 0.204 e. The van der Waals surface area contributed by atoms with Crippen molar-refractivity contribution in [1.29, 1.82) is 0 Å². The minimum absolute atomic E-state index is 0.000741. The Morgan fingerprint density at radius 2 is 1.62 bits per heavy atom. The van der Waals surface area contributed by atoms with Gasteiger partial charge >= 0.3 is 0 Å². The van der Waals surface area contributed by atoms with Gasteiger partial charge in [0.05, 0.1) is 12.2 Å². The molecule has 0 aromatic heterocycles. The smallest absolute Gasteiger partial charge is 0.204 e. The van der Waals surface area contributed by atoms with E-state index in [-0.39, 0.29) is 5.78 Å². The number of hydrogen-bond acceptors (Lipinski definition) is 1. The summed E-state index contributed by atoms with van der Waals surface area (Å²) in [5.41, 5.74) is 0.629. The SMILES string of the molecule is [CH+]=C1C=CC(=O)C=C1. The highest BCUT2D eigenvalue weighted by molar-refractivity contribution is 6.01. The van der Waals surface area contributed by atoms with Crippen molar-refractivity contribution < 1.29 is 4.79 Å². The molecule has 1 rings (SSSR count). The Bertz CT molecular complexity index is 147. The van der Waals surface area contributed by atoms with Gasteiger partial charge in [0.2, 0.25) is 5.78 Å². The number of carbonyl (C=O) groups is 1. The molecule has 0 atom stereocenters. The van der Waals surface area contributed by atoms with Crippen molar-refractivity contribution in [1.82, 2.24) is 0 Å². The second kappa shape index (κ2) is 1.73. The quantitative estimate of drug-likeness (QED) is 0.421. The molecule has 38 valence electrons. The van der Waals surface area contributed by atoms with Crippen LogP contribution in [0.5, 0.6) is 0 Å². The highest BCUT2D eigenvalue weighted by Gasteiger charge is 2.02. The first-order valence-electron chi connectivity index (χ1n) is 2.31. The van der Waals surface area contributed by atoms with E-state index in [1.807, 2.05) is 0 Å².